The van der Waals surface area contributed by atoms with Gasteiger partial charge in [-0.15, -0.1) is 0 Å². The largest absolute Gasteiger partial charge is 0.497 e. The maximum atomic E-state index is 12.0. The molecule has 6 nitrogen and oxygen atoms in total. The highest BCUT2D eigenvalue weighted by Crippen LogP contribution is 2.16. The van der Waals surface area contributed by atoms with E-state index in [1.54, 1.807) is 31.4 Å². The van der Waals surface area contributed by atoms with Crippen LogP contribution in [0.5, 0.6) is 5.75 Å². The van der Waals surface area contributed by atoms with Crippen LogP contribution in [0.2, 0.25) is 0 Å². The smallest absolute Gasteiger partial charge is 0.282 e. The summed E-state index contributed by atoms with van der Waals surface area (Å²) in [4.78, 5) is 12.0. The number of rotatable bonds is 4. The number of ether oxygens (including phenoxy) is 1. The number of carbonyl (C=O) groups is 1. The van der Waals surface area contributed by atoms with Crippen LogP contribution >= 0.6 is 0 Å². The van der Waals surface area contributed by atoms with Crippen molar-refractivity contribution in [1.29, 1.82) is 0 Å². The Bertz CT molecular complexity index is 568. The van der Waals surface area contributed by atoms with E-state index in [9.17, 15) is 13.2 Å². The molecule has 1 heterocycles. The molecule has 1 aromatic rings. The molecular weight excluding hydrogens is 268 g/mol. The van der Waals surface area contributed by atoms with Gasteiger partial charge in [0, 0.05) is 25.7 Å². The SMILES string of the molecule is COc1ccc(C(=O)CN2CCN(C)S2(=O)=O)cc1. The molecule has 1 aliphatic rings. The maximum Gasteiger partial charge on any atom is 0.282 e. The molecule has 1 saturated heterocycles. The molecule has 0 radical (unpaired) electrons. The first-order valence-electron chi connectivity index (χ1n) is 5.84. The van der Waals surface area contributed by atoms with Crippen LogP contribution in [0.1, 0.15) is 10.4 Å². The highest BCUT2D eigenvalue weighted by Gasteiger charge is 2.34. The lowest BCUT2D eigenvalue weighted by atomic mass is 10.1. The Morgan fingerprint density at radius 1 is 1.26 bits per heavy atom. The molecule has 19 heavy (non-hydrogen) atoms. The average molecular weight is 284 g/mol. The molecule has 0 unspecified atom stereocenters. The number of ketones is 1. The summed E-state index contributed by atoms with van der Waals surface area (Å²) in [5, 5.41) is 0. The number of benzene rings is 1. The lowest BCUT2D eigenvalue weighted by Gasteiger charge is -2.14. The van der Waals surface area contributed by atoms with Crippen molar-refractivity contribution in [2.75, 3.05) is 33.8 Å². The molecule has 2 rings (SSSR count). The normalized spacial score (nSPS) is 19.5. The van der Waals surface area contributed by atoms with Crippen molar-refractivity contribution in [3.8, 4) is 5.75 Å². The van der Waals surface area contributed by atoms with E-state index in [0.29, 0.717) is 24.4 Å². The van der Waals surface area contributed by atoms with Crippen LogP contribution in [-0.4, -0.2) is 56.6 Å². The third-order valence-corrected chi connectivity index (χ3v) is 5.05. The molecule has 1 fully saturated rings. The molecule has 0 spiro atoms. The van der Waals surface area contributed by atoms with Crippen LogP contribution in [0.4, 0.5) is 0 Å². The number of hydrogen-bond donors (Lipinski definition) is 0. The molecule has 1 aromatic carbocycles. The quantitative estimate of drug-likeness (QED) is 0.749. The molecule has 1 aliphatic heterocycles. The lowest BCUT2D eigenvalue weighted by Crippen LogP contribution is -2.34. The van der Waals surface area contributed by atoms with Gasteiger partial charge in [-0.05, 0) is 24.3 Å². The fourth-order valence-corrected chi connectivity index (χ4v) is 3.17. The maximum absolute atomic E-state index is 12.0. The Kier molecular flexibility index (Phi) is 3.88. The van der Waals surface area contributed by atoms with Gasteiger partial charge in [0.25, 0.3) is 10.2 Å². The predicted octanol–water partition coefficient (Wildman–Crippen LogP) is 0.370. The first-order chi connectivity index (χ1) is 8.95. The number of carbonyl (C=O) groups excluding carboxylic acids is 1. The van der Waals surface area contributed by atoms with Crippen LogP contribution < -0.4 is 4.74 Å². The van der Waals surface area contributed by atoms with Gasteiger partial charge in [-0.3, -0.25) is 4.79 Å². The number of nitrogens with zero attached hydrogens (tertiary/aromatic N) is 2. The van der Waals surface area contributed by atoms with Gasteiger partial charge >= 0.3 is 0 Å². The van der Waals surface area contributed by atoms with Crippen molar-refractivity contribution >= 4 is 16.0 Å². The van der Waals surface area contributed by atoms with Crippen molar-refractivity contribution < 1.29 is 17.9 Å². The van der Waals surface area contributed by atoms with Gasteiger partial charge in [-0.2, -0.15) is 17.0 Å². The van der Waals surface area contributed by atoms with Gasteiger partial charge in [0.1, 0.15) is 5.75 Å². The summed E-state index contributed by atoms with van der Waals surface area (Å²) in [6, 6.07) is 6.62. The highest BCUT2D eigenvalue weighted by molar-refractivity contribution is 7.87. The molecule has 0 bridgehead atoms. The van der Waals surface area contributed by atoms with E-state index in [4.69, 9.17) is 4.74 Å². The molecule has 7 heteroatoms. The summed E-state index contributed by atoms with van der Waals surface area (Å²) in [6.07, 6.45) is 0. The average Bonchev–Trinajstić information content (AvgIpc) is 2.65. The molecular formula is C12H16N2O4S. The monoisotopic (exact) mass is 284 g/mol. The van der Waals surface area contributed by atoms with E-state index >= 15 is 0 Å². The minimum atomic E-state index is -3.46. The Morgan fingerprint density at radius 2 is 1.89 bits per heavy atom. The van der Waals surface area contributed by atoms with E-state index < -0.39 is 10.2 Å². The first-order valence-corrected chi connectivity index (χ1v) is 7.23. The molecule has 0 atom stereocenters. The molecule has 0 saturated carbocycles. The number of likely N-dealkylation sites (N-methyl/N-ethyl adjacent to an activating group) is 1. The zero-order valence-electron chi connectivity index (χ0n) is 10.9. The summed E-state index contributed by atoms with van der Waals surface area (Å²) in [5.41, 5.74) is 0.477. The fourth-order valence-electron chi connectivity index (χ4n) is 1.87. The van der Waals surface area contributed by atoms with Crippen LogP contribution in [-0.2, 0) is 10.2 Å². The van der Waals surface area contributed by atoms with E-state index in [2.05, 4.69) is 0 Å². The van der Waals surface area contributed by atoms with Gasteiger partial charge in [0.2, 0.25) is 0 Å². The first kappa shape index (κ1) is 14.0. The third kappa shape index (κ3) is 2.78. The summed E-state index contributed by atoms with van der Waals surface area (Å²) in [6.45, 7) is 0.637. The second-order valence-corrected chi connectivity index (χ2v) is 6.35. The summed E-state index contributed by atoms with van der Waals surface area (Å²) >= 11 is 0. The second kappa shape index (κ2) is 5.28. The fraction of sp³-hybridized carbons (Fsp3) is 0.417. The summed E-state index contributed by atoms with van der Waals surface area (Å²) in [7, 11) is -0.408. The van der Waals surface area contributed by atoms with Crippen LogP contribution in [0.3, 0.4) is 0 Å². The van der Waals surface area contributed by atoms with Crippen LogP contribution in [0.15, 0.2) is 24.3 Å². The van der Waals surface area contributed by atoms with Gasteiger partial charge in [0.15, 0.2) is 5.78 Å². The summed E-state index contributed by atoms with van der Waals surface area (Å²) in [5.74, 6) is 0.437. The van der Waals surface area contributed by atoms with E-state index in [-0.39, 0.29) is 12.3 Å². The van der Waals surface area contributed by atoms with Crippen LogP contribution in [0, 0.1) is 0 Å². The van der Waals surface area contributed by atoms with Gasteiger partial charge in [0.05, 0.1) is 13.7 Å². The van der Waals surface area contributed by atoms with E-state index in [1.165, 1.54) is 15.7 Å². The van der Waals surface area contributed by atoms with E-state index in [1.807, 2.05) is 0 Å². The van der Waals surface area contributed by atoms with E-state index in [0.717, 1.165) is 0 Å². The Hall–Kier alpha value is -1.44. The van der Waals surface area contributed by atoms with Crippen molar-refractivity contribution in [2.45, 2.75) is 0 Å². The Morgan fingerprint density at radius 3 is 2.37 bits per heavy atom. The molecule has 0 aromatic heterocycles. The molecule has 0 aliphatic carbocycles. The van der Waals surface area contributed by atoms with Crippen molar-refractivity contribution in [3.63, 3.8) is 0 Å². The number of methoxy groups -OCH3 is 1. The van der Waals surface area contributed by atoms with Gasteiger partial charge in [-0.1, -0.05) is 0 Å². The molecule has 0 amide bonds. The van der Waals surface area contributed by atoms with Gasteiger partial charge < -0.3 is 4.74 Å². The zero-order chi connectivity index (χ0) is 14.0. The topological polar surface area (TPSA) is 66.9 Å². The predicted molar refractivity (Wildman–Crippen MR) is 70.4 cm³/mol. The number of hydrogen-bond acceptors (Lipinski definition) is 4. The third-order valence-electron chi connectivity index (χ3n) is 3.12. The van der Waals surface area contributed by atoms with Crippen molar-refractivity contribution in [1.82, 2.24) is 8.61 Å². The minimum Gasteiger partial charge on any atom is -0.497 e. The van der Waals surface area contributed by atoms with Gasteiger partial charge in [-0.25, -0.2) is 0 Å². The molecule has 104 valence electrons. The van der Waals surface area contributed by atoms with Crippen molar-refractivity contribution in [2.24, 2.45) is 0 Å². The standard InChI is InChI=1S/C12H16N2O4S/c1-13-7-8-14(19(13,16)17)9-12(15)10-3-5-11(18-2)6-4-10/h3-6H,7-9H2,1-2H3. The zero-order valence-corrected chi connectivity index (χ0v) is 11.7. The summed E-state index contributed by atoms with van der Waals surface area (Å²) < 4.78 is 31.1. The second-order valence-electron chi connectivity index (χ2n) is 4.31. The highest BCUT2D eigenvalue weighted by atomic mass is 32.2. The Labute approximate surface area is 112 Å². The minimum absolute atomic E-state index is 0.126. The Balaban J connectivity index is 2.09. The van der Waals surface area contributed by atoms with Crippen LogP contribution in [0.25, 0.3) is 0 Å². The lowest BCUT2D eigenvalue weighted by molar-refractivity contribution is 0.0969. The number of Topliss-reactive ketones (excluding diaryl/α,β-unsaturated/α-hetero) is 1. The molecule has 0 N–H and O–H groups in total. The van der Waals surface area contributed by atoms with Crippen molar-refractivity contribution in [3.05, 3.63) is 29.8 Å².